The van der Waals surface area contributed by atoms with Crippen molar-refractivity contribution in [1.82, 2.24) is 0 Å². The van der Waals surface area contributed by atoms with E-state index in [9.17, 15) is 4.79 Å². The monoisotopic (exact) mass is 505 g/mol. The number of carbonyl (C=O) groups is 1. The van der Waals surface area contributed by atoms with Crippen molar-refractivity contribution in [3.05, 3.63) is 23.8 Å². The van der Waals surface area contributed by atoms with Crippen molar-refractivity contribution in [3.63, 3.8) is 0 Å². The molecule has 2 aliphatic heterocycles. The Balaban J connectivity index is 1.43. The van der Waals surface area contributed by atoms with Crippen molar-refractivity contribution < 1.29 is 38.0 Å². The van der Waals surface area contributed by atoms with Gasteiger partial charge in [-0.25, -0.2) is 0 Å². The Kier molecular flexibility index (Phi) is 7.73. The molecular formula is C27H39NO8. The van der Waals surface area contributed by atoms with Crippen molar-refractivity contribution >= 4 is 11.7 Å². The highest BCUT2D eigenvalue weighted by Crippen LogP contribution is 2.59. The van der Waals surface area contributed by atoms with Crippen molar-refractivity contribution in [1.29, 1.82) is 0 Å². The summed E-state index contributed by atoms with van der Waals surface area (Å²) in [5.74, 6) is 1.03. The number of esters is 1. The first-order valence-electron chi connectivity index (χ1n) is 12.4. The molecule has 1 saturated carbocycles. The van der Waals surface area contributed by atoms with Crippen LogP contribution in [0.15, 0.2) is 23.8 Å². The lowest BCUT2D eigenvalue weighted by Crippen LogP contribution is -2.55. The fraction of sp³-hybridized carbons (Fsp3) is 0.667. The molecule has 6 unspecified atom stereocenters. The molecule has 1 N–H and O–H groups in total. The number of rotatable bonds is 11. The minimum Gasteiger partial charge on any atom is -0.493 e. The lowest BCUT2D eigenvalue weighted by molar-refractivity contribution is -0.170. The van der Waals surface area contributed by atoms with E-state index in [1.807, 2.05) is 0 Å². The fourth-order valence-electron chi connectivity index (χ4n) is 5.69. The Morgan fingerprint density at radius 3 is 2.44 bits per heavy atom. The van der Waals surface area contributed by atoms with Crippen molar-refractivity contribution in [3.8, 4) is 17.2 Å². The minimum atomic E-state index is -0.387. The highest BCUT2D eigenvalue weighted by molar-refractivity contribution is 5.77. The smallest absolute Gasteiger partial charge is 0.325 e. The number of anilines is 1. The quantitative estimate of drug-likeness (QED) is 0.274. The van der Waals surface area contributed by atoms with Crippen LogP contribution < -0.4 is 19.5 Å². The Morgan fingerprint density at radius 2 is 1.86 bits per heavy atom. The molecule has 3 fully saturated rings. The summed E-state index contributed by atoms with van der Waals surface area (Å²) in [6, 6.07) is 3.52. The fourth-order valence-corrected chi connectivity index (χ4v) is 5.69. The van der Waals surface area contributed by atoms with E-state index in [4.69, 9.17) is 33.2 Å². The maximum Gasteiger partial charge on any atom is 0.325 e. The summed E-state index contributed by atoms with van der Waals surface area (Å²) in [5.41, 5.74) is 1.23. The third-order valence-corrected chi connectivity index (χ3v) is 7.65. The van der Waals surface area contributed by atoms with Crippen LogP contribution in [-0.2, 0) is 23.7 Å². The number of hydrogen-bond acceptors (Lipinski definition) is 9. The summed E-state index contributed by atoms with van der Waals surface area (Å²) in [5, 5.41) is 3.10. The number of carbonyl (C=O) groups excluding carboxylic acids is 1. The van der Waals surface area contributed by atoms with E-state index in [2.05, 4.69) is 32.2 Å². The minimum absolute atomic E-state index is 0.0176. The molecule has 1 aliphatic carbocycles. The molecule has 1 aromatic carbocycles. The number of benzene rings is 1. The van der Waals surface area contributed by atoms with Crippen LogP contribution in [0.25, 0.3) is 0 Å². The van der Waals surface area contributed by atoms with Gasteiger partial charge in [0.1, 0.15) is 30.0 Å². The molecule has 1 spiro atoms. The largest absolute Gasteiger partial charge is 0.493 e. The number of nitrogens with one attached hydrogen (secondary N) is 1. The molecule has 2 saturated heterocycles. The molecular weight excluding hydrogens is 466 g/mol. The van der Waals surface area contributed by atoms with Gasteiger partial charge in [-0.05, 0) is 52.2 Å². The highest BCUT2D eigenvalue weighted by Gasteiger charge is 2.72. The average Bonchev–Trinajstić information content (AvgIpc) is 3.78. The number of methoxy groups -OCH3 is 4. The van der Waals surface area contributed by atoms with Crippen molar-refractivity contribution in [2.45, 2.75) is 69.5 Å². The topological polar surface area (TPSA) is 100 Å². The summed E-state index contributed by atoms with van der Waals surface area (Å²) in [4.78, 5) is 12.9. The van der Waals surface area contributed by atoms with Crippen LogP contribution in [0, 0.1) is 5.92 Å². The summed E-state index contributed by atoms with van der Waals surface area (Å²) in [7, 11) is 6.30. The summed E-state index contributed by atoms with van der Waals surface area (Å²) >= 11 is 0. The lowest BCUT2D eigenvalue weighted by Gasteiger charge is -2.42. The van der Waals surface area contributed by atoms with Gasteiger partial charge in [0.2, 0.25) is 5.75 Å². The standard InChI is InChI=1S/C27H39NO8/c1-16(2)8-11-20-26(3,36-20)25-24(33-7)19(12-13-27(25)15-34-27)35-21(29)14-28-17-9-10-18(30-4)23(32-6)22(17)31-5/h8-10,19-20,24-25,28H,11-15H2,1-7H3. The highest BCUT2D eigenvalue weighted by atomic mass is 16.6. The predicted octanol–water partition coefficient (Wildman–Crippen LogP) is 3.74. The maximum atomic E-state index is 12.9. The molecule has 0 bridgehead atoms. The molecule has 0 amide bonds. The third-order valence-electron chi connectivity index (χ3n) is 7.65. The van der Waals surface area contributed by atoms with Crippen LogP contribution in [0.2, 0.25) is 0 Å². The Labute approximate surface area is 213 Å². The van der Waals surface area contributed by atoms with E-state index in [1.165, 1.54) is 19.8 Å². The van der Waals surface area contributed by atoms with Gasteiger partial charge < -0.3 is 38.5 Å². The molecule has 3 aliphatic rings. The molecule has 2 heterocycles. The zero-order valence-corrected chi connectivity index (χ0v) is 22.3. The number of epoxide rings is 2. The van der Waals surface area contributed by atoms with Crippen molar-refractivity contribution in [2.75, 3.05) is 46.9 Å². The van der Waals surface area contributed by atoms with E-state index >= 15 is 0 Å². The van der Waals surface area contributed by atoms with Gasteiger partial charge in [-0.3, -0.25) is 4.79 Å². The van der Waals surface area contributed by atoms with Crippen LogP contribution in [-0.4, -0.2) is 77.1 Å². The van der Waals surface area contributed by atoms with E-state index in [1.54, 1.807) is 26.4 Å². The molecule has 4 rings (SSSR count). The maximum absolute atomic E-state index is 12.9. The lowest BCUT2D eigenvalue weighted by atomic mass is 9.68. The van der Waals surface area contributed by atoms with Crippen LogP contribution >= 0.6 is 0 Å². The molecule has 0 radical (unpaired) electrons. The van der Waals surface area contributed by atoms with Gasteiger partial charge in [0.05, 0.1) is 45.6 Å². The van der Waals surface area contributed by atoms with Gasteiger partial charge >= 0.3 is 5.97 Å². The van der Waals surface area contributed by atoms with Crippen molar-refractivity contribution in [2.24, 2.45) is 5.92 Å². The van der Waals surface area contributed by atoms with E-state index < -0.39 is 0 Å². The van der Waals surface area contributed by atoms with Gasteiger partial charge in [0.15, 0.2) is 11.5 Å². The SMILES string of the molecule is COc1ccc(NCC(=O)OC2CCC3(CO3)C(C3(C)OC3CC=C(C)C)C2OC)c(OC)c1OC. The Hall–Kier alpha value is -2.49. The van der Waals surface area contributed by atoms with Gasteiger partial charge in [0.25, 0.3) is 0 Å². The van der Waals surface area contributed by atoms with Crippen LogP contribution in [0.1, 0.15) is 40.0 Å². The Bertz CT molecular complexity index is 986. The average molecular weight is 506 g/mol. The van der Waals surface area contributed by atoms with Crippen LogP contribution in [0.4, 0.5) is 5.69 Å². The van der Waals surface area contributed by atoms with Gasteiger partial charge in [-0.2, -0.15) is 0 Å². The molecule has 9 heteroatoms. The van der Waals surface area contributed by atoms with E-state index in [0.717, 1.165) is 12.8 Å². The van der Waals surface area contributed by atoms with Crippen LogP contribution in [0.5, 0.6) is 17.2 Å². The van der Waals surface area contributed by atoms with Crippen LogP contribution in [0.3, 0.4) is 0 Å². The predicted molar refractivity (Wildman–Crippen MR) is 134 cm³/mol. The zero-order chi connectivity index (χ0) is 26.1. The van der Waals surface area contributed by atoms with E-state index in [0.29, 0.717) is 36.0 Å². The van der Waals surface area contributed by atoms with E-state index in [-0.39, 0.29) is 47.9 Å². The third kappa shape index (κ3) is 5.01. The summed E-state index contributed by atoms with van der Waals surface area (Å²) in [6.07, 6.45) is 3.93. The first-order chi connectivity index (χ1) is 17.2. The second-order valence-electron chi connectivity index (χ2n) is 10.1. The summed E-state index contributed by atoms with van der Waals surface area (Å²) < 4.78 is 40.4. The van der Waals surface area contributed by atoms with Gasteiger partial charge in [0, 0.05) is 7.11 Å². The number of allylic oxidation sites excluding steroid dienone is 1. The molecule has 9 nitrogen and oxygen atoms in total. The molecule has 36 heavy (non-hydrogen) atoms. The first kappa shape index (κ1) is 26.6. The first-order valence-corrected chi connectivity index (χ1v) is 12.4. The second kappa shape index (κ2) is 10.5. The Morgan fingerprint density at radius 1 is 1.14 bits per heavy atom. The van der Waals surface area contributed by atoms with Gasteiger partial charge in [-0.1, -0.05) is 11.6 Å². The second-order valence-corrected chi connectivity index (χ2v) is 10.1. The molecule has 200 valence electrons. The summed E-state index contributed by atoms with van der Waals surface area (Å²) in [6.45, 7) is 6.96. The zero-order valence-electron chi connectivity index (χ0n) is 22.3. The molecule has 0 aromatic heterocycles. The number of hydrogen-bond donors (Lipinski definition) is 1. The normalized spacial score (nSPS) is 32.4. The molecule has 1 aromatic rings. The molecule has 6 atom stereocenters. The van der Waals surface area contributed by atoms with Gasteiger partial charge in [-0.15, -0.1) is 0 Å². The number of ether oxygens (including phenoxy) is 7.